The maximum absolute atomic E-state index is 5.42. The summed E-state index contributed by atoms with van der Waals surface area (Å²) in [4.78, 5) is 1.18. The molecule has 1 heterocycles. The zero-order valence-corrected chi connectivity index (χ0v) is 9.82. The normalized spacial score (nSPS) is 13.2. The van der Waals surface area contributed by atoms with Crippen LogP contribution >= 0.6 is 27.3 Å². The highest BCUT2D eigenvalue weighted by molar-refractivity contribution is 9.11. The van der Waals surface area contributed by atoms with Crippen LogP contribution in [-0.4, -0.2) is 13.2 Å². The monoisotopic (exact) mass is 264 g/mol. The van der Waals surface area contributed by atoms with Gasteiger partial charge in [0.15, 0.2) is 0 Å². The molecule has 0 aliphatic rings. The van der Waals surface area contributed by atoms with E-state index in [1.54, 1.807) is 11.3 Å². The minimum atomic E-state index is 0.0937. The third-order valence-corrected chi connectivity index (χ3v) is 3.36. The van der Waals surface area contributed by atoms with Crippen LogP contribution in [0.25, 0.3) is 0 Å². The maximum atomic E-state index is 5.42. The summed E-state index contributed by atoms with van der Waals surface area (Å²) in [7, 11) is 0. The number of thiophene rings is 1. The summed E-state index contributed by atoms with van der Waals surface area (Å²) in [5.74, 6) is 5.42. The summed E-state index contributed by atoms with van der Waals surface area (Å²) in [6.07, 6.45) is 0. The van der Waals surface area contributed by atoms with E-state index in [9.17, 15) is 0 Å². The van der Waals surface area contributed by atoms with Crippen LogP contribution in [0.15, 0.2) is 15.9 Å². The molecule has 0 amide bonds. The molecule has 0 spiro atoms. The zero-order chi connectivity index (χ0) is 9.68. The minimum absolute atomic E-state index is 0.0937. The first kappa shape index (κ1) is 11.1. The predicted molar refractivity (Wildman–Crippen MR) is 58.6 cm³/mol. The Labute approximate surface area is 90.4 Å². The molecule has 1 aromatic rings. The molecule has 3 N–H and O–H groups in total. The minimum Gasteiger partial charge on any atom is -0.380 e. The second kappa shape index (κ2) is 5.72. The number of hydrogen-bond acceptors (Lipinski definition) is 4. The molecule has 13 heavy (non-hydrogen) atoms. The third-order valence-electron chi connectivity index (χ3n) is 1.63. The van der Waals surface area contributed by atoms with Crippen molar-refractivity contribution >= 4 is 27.3 Å². The molecule has 0 saturated heterocycles. The van der Waals surface area contributed by atoms with E-state index in [1.807, 2.05) is 19.1 Å². The van der Waals surface area contributed by atoms with Gasteiger partial charge >= 0.3 is 0 Å². The molecule has 1 rings (SSSR count). The first-order valence-electron chi connectivity index (χ1n) is 4.07. The first-order valence-corrected chi connectivity index (χ1v) is 5.68. The summed E-state index contributed by atoms with van der Waals surface area (Å²) < 4.78 is 6.41. The fraction of sp³-hybridized carbons (Fsp3) is 0.500. The van der Waals surface area contributed by atoms with E-state index < -0.39 is 0 Å². The molecule has 1 atom stereocenters. The Morgan fingerprint density at radius 3 is 2.92 bits per heavy atom. The highest BCUT2D eigenvalue weighted by atomic mass is 79.9. The van der Waals surface area contributed by atoms with E-state index in [4.69, 9.17) is 10.6 Å². The average molecular weight is 265 g/mol. The van der Waals surface area contributed by atoms with Gasteiger partial charge in [-0.3, -0.25) is 5.84 Å². The molecular weight excluding hydrogens is 252 g/mol. The molecular formula is C8H13BrN2OS. The molecule has 1 aromatic heterocycles. The van der Waals surface area contributed by atoms with Crippen LogP contribution in [-0.2, 0) is 4.74 Å². The van der Waals surface area contributed by atoms with Gasteiger partial charge in [-0.1, -0.05) is 0 Å². The lowest BCUT2D eigenvalue weighted by atomic mass is 10.3. The van der Waals surface area contributed by atoms with Gasteiger partial charge in [0.05, 0.1) is 16.4 Å². The van der Waals surface area contributed by atoms with Crippen LogP contribution < -0.4 is 11.3 Å². The first-order chi connectivity index (χ1) is 6.27. The van der Waals surface area contributed by atoms with Crippen molar-refractivity contribution in [3.05, 3.63) is 20.8 Å². The van der Waals surface area contributed by atoms with Gasteiger partial charge in [0.2, 0.25) is 0 Å². The van der Waals surface area contributed by atoms with Gasteiger partial charge in [0.1, 0.15) is 0 Å². The second-order valence-electron chi connectivity index (χ2n) is 2.52. The molecule has 0 aromatic carbocycles. The number of hydrazine groups is 1. The van der Waals surface area contributed by atoms with Crippen molar-refractivity contribution in [2.75, 3.05) is 13.2 Å². The Bertz CT molecular complexity index is 254. The zero-order valence-electron chi connectivity index (χ0n) is 7.42. The topological polar surface area (TPSA) is 47.3 Å². The molecule has 3 nitrogen and oxygen atoms in total. The van der Waals surface area contributed by atoms with Gasteiger partial charge in [-0.25, -0.2) is 5.43 Å². The molecule has 0 aliphatic carbocycles. The van der Waals surface area contributed by atoms with E-state index in [-0.39, 0.29) is 6.04 Å². The van der Waals surface area contributed by atoms with Crippen molar-refractivity contribution in [2.24, 2.45) is 5.84 Å². The van der Waals surface area contributed by atoms with Gasteiger partial charge in [-0.05, 0) is 35.0 Å². The predicted octanol–water partition coefficient (Wildman–Crippen LogP) is 2.05. The van der Waals surface area contributed by atoms with E-state index >= 15 is 0 Å². The van der Waals surface area contributed by atoms with Gasteiger partial charge < -0.3 is 4.74 Å². The average Bonchev–Trinajstić information content (AvgIpc) is 2.54. The maximum Gasteiger partial charge on any atom is 0.0786 e. The highest BCUT2D eigenvalue weighted by Gasteiger charge is 2.11. The van der Waals surface area contributed by atoms with Gasteiger partial charge in [-0.15, -0.1) is 11.3 Å². The lowest BCUT2D eigenvalue weighted by Crippen LogP contribution is -2.30. The molecule has 0 saturated carbocycles. The smallest absolute Gasteiger partial charge is 0.0786 e. The Balaban J connectivity index is 2.56. The van der Waals surface area contributed by atoms with Crippen LogP contribution in [0.3, 0.4) is 0 Å². The standard InChI is InChI=1S/C8H13BrN2OS/c1-2-12-5-6(11-10)7-3-4-8(9)13-7/h3-4,6,11H,2,5,10H2,1H3. The summed E-state index contributed by atoms with van der Waals surface area (Å²) in [5, 5.41) is 0. The fourth-order valence-electron chi connectivity index (χ4n) is 0.964. The molecule has 0 aliphatic heterocycles. The molecule has 74 valence electrons. The summed E-state index contributed by atoms with van der Waals surface area (Å²) in [6.45, 7) is 3.29. The lowest BCUT2D eigenvalue weighted by Gasteiger charge is -2.13. The number of nitrogens with two attached hydrogens (primary N) is 1. The van der Waals surface area contributed by atoms with Crippen LogP contribution in [0, 0.1) is 0 Å². The van der Waals surface area contributed by atoms with Crippen molar-refractivity contribution < 1.29 is 4.74 Å². The highest BCUT2D eigenvalue weighted by Crippen LogP contribution is 2.26. The number of nitrogens with one attached hydrogen (secondary N) is 1. The number of hydrogen-bond donors (Lipinski definition) is 2. The quantitative estimate of drug-likeness (QED) is 0.632. The van der Waals surface area contributed by atoms with Gasteiger partial charge in [0.25, 0.3) is 0 Å². The van der Waals surface area contributed by atoms with Crippen LogP contribution in [0.2, 0.25) is 0 Å². The Morgan fingerprint density at radius 2 is 2.46 bits per heavy atom. The Morgan fingerprint density at radius 1 is 1.69 bits per heavy atom. The van der Waals surface area contributed by atoms with Crippen molar-refractivity contribution in [2.45, 2.75) is 13.0 Å². The SMILES string of the molecule is CCOCC(NN)c1ccc(Br)s1. The number of ether oxygens (including phenoxy) is 1. The van der Waals surface area contributed by atoms with Crippen LogP contribution in [0.4, 0.5) is 0 Å². The van der Waals surface area contributed by atoms with Crippen LogP contribution in [0.5, 0.6) is 0 Å². The van der Waals surface area contributed by atoms with E-state index in [0.29, 0.717) is 13.2 Å². The summed E-state index contributed by atoms with van der Waals surface area (Å²) >= 11 is 5.07. The molecule has 1 unspecified atom stereocenters. The Hall–Kier alpha value is 0.0600. The largest absolute Gasteiger partial charge is 0.380 e. The molecule has 0 bridgehead atoms. The van der Waals surface area contributed by atoms with Crippen molar-refractivity contribution in [3.8, 4) is 0 Å². The summed E-state index contributed by atoms with van der Waals surface area (Å²) in [6, 6.07) is 4.14. The van der Waals surface area contributed by atoms with E-state index in [0.717, 1.165) is 3.79 Å². The number of rotatable bonds is 5. The van der Waals surface area contributed by atoms with E-state index in [1.165, 1.54) is 4.88 Å². The molecule has 0 radical (unpaired) electrons. The summed E-state index contributed by atoms with van der Waals surface area (Å²) in [5.41, 5.74) is 2.73. The number of halogens is 1. The van der Waals surface area contributed by atoms with E-state index in [2.05, 4.69) is 21.4 Å². The third kappa shape index (κ3) is 3.36. The lowest BCUT2D eigenvalue weighted by molar-refractivity contribution is 0.124. The second-order valence-corrected chi connectivity index (χ2v) is 5.02. The van der Waals surface area contributed by atoms with Gasteiger partial charge in [-0.2, -0.15) is 0 Å². The fourth-order valence-corrected chi connectivity index (χ4v) is 2.43. The van der Waals surface area contributed by atoms with Crippen molar-refractivity contribution in [3.63, 3.8) is 0 Å². The van der Waals surface area contributed by atoms with Crippen molar-refractivity contribution in [1.82, 2.24) is 5.43 Å². The van der Waals surface area contributed by atoms with Crippen molar-refractivity contribution in [1.29, 1.82) is 0 Å². The molecule has 0 fully saturated rings. The molecule has 5 heteroatoms. The Kier molecular flexibility index (Phi) is 4.90. The van der Waals surface area contributed by atoms with Gasteiger partial charge in [0, 0.05) is 11.5 Å². The van der Waals surface area contributed by atoms with Crippen LogP contribution in [0.1, 0.15) is 17.8 Å².